The summed E-state index contributed by atoms with van der Waals surface area (Å²) in [4.78, 5) is 29.5. The minimum Gasteiger partial charge on any atom is -0.481 e. The number of rotatable bonds is 7. The van der Waals surface area contributed by atoms with Gasteiger partial charge in [0.1, 0.15) is 5.69 Å². The normalized spacial score (nSPS) is 15.5. The molecule has 0 aromatic carbocycles. The molecule has 1 aromatic heterocycles. The van der Waals surface area contributed by atoms with Gasteiger partial charge in [-0.3, -0.25) is 9.59 Å². The van der Waals surface area contributed by atoms with Gasteiger partial charge in [-0.1, -0.05) is 13.0 Å². The maximum Gasteiger partial charge on any atom is 0.308 e. The third-order valence-corrected chi connectivity index (χ3v) is 3.44. The number of ether oxygens (including phenoxy) is 1. The largest absolute Gasteiger partial charge is 0.481 e. The van der Waals surface area contributed by atoms with Crippen molar-refractivity contribution in [1.29, 1.82) is 0 Å². The van der Waals surface area contributed by atoms with Crippen molar-refractivity contribution >= 4 is 11.9 Å². The first-order chi connectivity index (χ1) is 10.4. The third kappa shape index (κ3) is 4.19. The highest BCUT2D eigenvalue weighted by atomic mass is 16.5. The molecule has 0 bridgehead atoms. The first-order valence-corrected chi connectivity index (χ1v) is 7.56. The van der Waals surface area contributed by atoms with Gasteiger partial charge in [-0.15, -0.1) is 0 Å². The molecule has 1 amide bonds. The van der Waals surface area contributed by atoms with E-state index in [9.17, 15) is 9.59 Å². The van der Waals surface area contributed by atoms with Crippen LogP contribution in [0.5, 0.6) is 5.88 Å². The van der Waals surface area contributed by atoms with E-state index in [0.29, 0.717) is 11.6 Å². The Hall–Kier alpha value is -2.11. The van der Waals surface area contributed by atoms with Crippen LogP contribution in [-0.2, 0) is 4.79 Å². The summed E-state index contributed by atoms with van der Waals surface area (Å²) >= 11 is 0. The van der Waals surface area contributed by atoms with Crippen LogP contribution in [-0.4, -0.2) is 45.6 Å². The molecule has 0 spiro atoms. The number of carbonyl (C=O) groups is 2. The van der Waals surface area contributed by atoms with Gasteiger partial charge in [-0.2, -0.15) is 0 Å². The molecule has 0 saturated heterocycles. The average molecular weight is 306 g/mol. The fourth-order valence-corrected chi connectivity index (χ4v) is 2.15. The quantitative estimate of drug-likeness (QED) is 0.835. The summed E-state index contributed by atoms with van der Waals surface area (Å²) < 4.78 is 5.50. The Bertz CT molecular complexity index is 555. The van der Waals surface area contributed by atoms with Crippen molar-refractivity contribution in [3.8, 4) is 5.88 Å². The van der Waals surface area contributed by atoms with E-state index in [0.717, 1.165) is 12.8 Å². The maximum absolute atomic E-state index is 12.6. The van der Waals surface area contributed by atoms with E-state index in [1.165, 1.54) is 0 Å². The van der Waals surface area contributed by atoms with Crippen molar-refractivity contribution in [3.05, 3.63) is 23.9 Å². The first kappa shape index (κ1) is 16.3. The van der Waals surface area contributed by atoms with Crippen molar-refractivity contribution in [3.63, 3.8) is 0 Å². The molecular formula is C16H22N2O4. The number of carboxylic acid groups (broad SMARTS) is 1. The number of aliphatic carboxylic acids is 1. The molecule has 1 aliphatic carbocycles. The fourth-order valence-electron chi connectivity index (χ4n) is 2.15. The monoisotopic (exact) mass is 306 g/mol. The second-order valence-electron chi connectivity index (χ2n) is 5.96. The molecule has 6 heteroatoms. The van der Waals surface area contributed by atoms with Crippen LogP contribution in [0.15, 0.2) is 18.2 Å². The van der Waals surface area contributed by atoms with Gasteiger partial charge in [-0.25, -0.2) is 4.98 Å². The van der Waals surface area contributed by atoms with Crippen molar-refractivity contribution in [2.45, 2.75) is 45.8 Å². The van der Waals surface area contributed by atoms with Gasteiger partial charge in [-0.05, 0) is 32.8 Å². The molecule has 1 unspecified atom stereocenters. The minimum atomic E-state index is -0.900. The van der Waals surface area contributed by atoms with Crippen LogP contribution in [0.2, 0.25) is 0 Å². The molecule has 1 saturated carbocycles. The van der Waals surface area contributed by atoms with Crippen LogP contribution >= 0.6 is 0 Å². The van der Waals surface area contributed by atoms with E-state index in [4.69, 9.17) is 9.84 Å². The lowest BCUT2D eigenvalue weighted by Gasteiger charge is -2.24. The van der Waals surface area contributed by atoms with Gasteiger partial charge in [0.2, 0.25) is 5.88 Å². The summed E-state index contributed by atoms with van der Waals surface area (Å²) in [5.41, 5.74) is 0.294. The number of hydrogen-bond acceptors (Lipinski definition) is 4. The van der Waals surface area contributed by atoms with E-state index in [1.54, 1.807) is 30.0 Å². The Morgan fingerprint density at radius 3 is 2.59 bits per heavy atom. The Labute approximate surface area is 130 Å². The van der Waals surface area contributed by atoms with Crippen LogP contribution in [0, 0.1) is 5.92 Å². The predicted octanol–water partition coefficient (Wildman–Crippen LogP) is 2.19. The Kier molecular flexibility index (Phi) is 5.00. The van der Waals surface area contributed by atoms with Crippen molar-refractivity contribution in [2.24, 2.45) is 5.92 Å². The van der Waals surface area contributed by atoms with Crippen LogP contribution in [0.1, 0.15) is 44.1 Å². The van der Waals surface area contributed by atoms with Crippen molar-refractivity contribution < 1.29 is 19.4 Å². The molecule has 1 fully saturated rings. The lowest BCUT2D eigenvalue weighted by atomic mass is 10.1. The van der Waals surface area contributed by atoms with E-state index in [-0.39, 0.29) is 24.6 Å². The summed E-state index contributed by atoms with van der Waals surface area (Å²) in [6, 6.07) is 5.20. The predicted molar refractivity (Wildman–Crippen MR) is 80.9 cm³/mol. The first-order valence-electron chi connectivity index (χ1n) is 7.56. The molecule has 1 heterocycles. The summed E-state index contributed by atoms with van der Waals surface area (Å²) in [6.45, 7) is 5.59. The molecule has 120 valence electrons. The van der Waals surface area contributed by atoms with E-state index in [1.807, 2.05) is 13.8 Å². The Morgan fingerprint density at radius 2 is 2.05 bits per heavy atom. The minimum absolute atomic E-state index is 0.0237. The molecule has 2 rings (SSSR count). The fraction of sp³-hybridized carbons (Fsp3) is 0.562. The third-order valence-electron chi connectivity index (χ3n) is 3.44. The highest BCUT2D eigenvalue weighted by molar-refractivity contribution is 5.93. The molecule has 0 radical (unpaired) electrons. The Morgan fingerprint density at radius 1 is 1.36 bits per heavy atom. The summed E-state index contributed by atoms with van der Waals surface area (Å²) in [7, 11) is 0. The van der Waals surface area contributed by atoms with Gasteiger partial charge in [0, 0.05) is 18.7 Å². The Balaban J connectivity index is 2.14. The molecule has 1 N–H and O–H groups in total. The second-order valence-corrected chi connectivity index (χ2v) is 5.96. The molecule has 6 nitrogen and oxygen atoms in total. The van der Waals surface area contributed by atoms with E-state index in [2.05, 4.69) is 4.98 Å². The van der Waals surface area contributed by atoms with Gasteiger partial charge in [0.05, 0.1) is 12.0 Å². The number of nitrogens with zero attached hydrogens (tertiary/aromatic N) is 2. The number of amides is 1. The summed E-state index contributed by atoms with van der Waals surface area (Å²) in [6.07, 6.45) is 1.81. The van der Waals surface area contributed by atoms with Crippen LogP contribution in [0.3, 0.4) is 0 Å². The van der Waals surface area contributed by atoms with Crippen molar-refractivity contribution in [1.82, 2.24) is 9.88 Å². The molecule has 0 aliphatic heterocycles. The zero-order valence-electron chi connectivity index (χ0n) is 13.2. The lowest BCUT2D eigenvalue weighted by Crippen LogP contribution is -2.39. The molecule has 1 aliphatic rings. The smallest absolute Gasteiger partial charge is 0.308 e. The number of aromatic nitrogens is 1. The maximum atomic E-state index is 12.6. The van der Waals surface area contributed by atoms with Gasteiger partial charge < -0.3 is 14.7 Å². The van der Waals surface area contributed by atoms with Gasteiger partial charge >= 0.3 is 5.97 Å². The standard InChI is InChI=1S/C16H22N2O4/c1-10(2)22-14-6-4-5-13(17-14)15(19)18(12-7-8-12)9-11(3)16(20)21/h4-6,10-12H,7-9H2,1-3H3,(H,20,21). The van der Waals surface area contributed by atoms with Crippen LogP contribution in [0.4, 0.5) is 0 Å². The van der Waals surface area contributed by atoms with Crippen molar-refractivity contribution in [2.75, 3.05) is 6.54 Å². The number of hydrogen-bond donors (Lipinski definition) is 1. The molecule has 22 heavy (non-hydrogen) atoms. The van der Waals surface area contributed by atoms with Crippen LogP contribution in [0.25, 0.3) is 0 Å². The number of carbonyl (C=O) groups excluding carboxylic acids is 1. The number of pyridine rings is 1. The lowest BCUT2D eigenvalue weighted by molar-refractivity contribution is -0.141. The van der Waals surface area contributed by atoms with E-state index < -0.39 is 11.9 Å². The van der Waals surface area contributed by atoms with Gasteiger partial charge in [0.25, 0.3) is 5.91 Å². The van der Waals surface area contributed by atoms with Crippen LogP contribution < -0.4 is 4.74 Å². The highest BCUT2D eigenvalue weighted by Gasteiger charge is 2.35. The zero-order chi connectivity index (χ0) is 16.3. The topological polar surface area (TPSA) is 79.7 Å². The number of carboxylic acids is 1. The average Bonchev–Trinajstić information content (AvgIpc) is 3.27. The molecule has 1 atom stereocenters. The summed E-state index contributed by atoms with van der Waals surface area (Å²) in [5.74, 6) is -1.32. The van der Waals surface area contributed by atoms with Gasteiger partial charge in [0.15, 0.2) is 0 Å². The van der Waals surface area contributed by atoms with E-state index >= 15 is 0 Å². The highest BCUT2D eigenvalue weighted by Crippen LogP contribution is 2.29. The zero-order valence-corrected chi connectivity index (χ0v) is 13.2. The molecule has 1 aromatic rings. The summed E-state index contributed by atoms with van der Waals surface area (Å²) in [5, 5.41) is 9.06. The molecular weight excluding hydrogens is 284 g/mol. The SMILES string of the molecule is CC(C)Oc1cccc(C(=O)N(CC(C)C(=O)O)C2CC2)n1. The second kappa shape index (κ2) is 6.77.